The summed E-state index contributed by atoms with van der Waals surface area (Å²) in [5.74, 6) is 0.725. The van der Waals surface area contributed by atoms with Crippen LogP contribution in [0.3, 0.4) is 0 Å². The fraction of sp³-hybridized carbons (Fsp3) is 0.646. The van der Waals surface area contributed by atoms with E-state index in [0.717, 1.165) is 56.1 Å². The van der Waals surface area contributed by atoms with Gasteiger partial charge in [0.1, 0.15) is 11.4 Å². The van der Waals surface area contributed by atoms with Crippen LogP contribution in [0, 0.1) is 11.3 Å². The van der Waals surface area contributed by atoms with Gasteiger partial charge in [0.2, 0.25) is 0 Å². The van der Waals surface area contributed by atoms with E-state index < -0.39 is 19.3 Å². The number of ether oxygens (including phenoxy) is 1. The van der Waals surface area contributed by atoms with Crippen molar-refractivity contribution in [2.75, 3.05) is 45.8 Å². The molecule has 1 unspecified atom stereocenters. The number of urea groups is 1. The Balaban J connectivity index is 1.43. The second-order valence-corrected chi connectivity index (χ2v) is 25.8. The molecule has 6 rings (SSSR count). The molecule has 0 saturated carbocycles. The lowest BCUT2D eigenvalue weighted by Gasteiger charge is -2.46. The summed E-state index contributed by atoms with van der Waals surface area (Å²) in [6.45, 7) is 29.4. The molecule has 11 heteroatoms. The Morgan fingerprint density at radius 1 is 0.814 bits per heavy atom. The van der Waals surface area contributed by atoms with Crippen LogP contribution in [-0.4, -0.2) is 113 Å². The maximum Gasteiger partial charge on any atom is 0.410 e. The number of hydrogen-bond donors (Lipinski definition) is 0. The summed E-state index contributed by atoms with van der Waals surface area (Å²) >= 11 is 0. The number of hydrogen-bond acceptors (Lipinski definition) is 6. The average molecular weight is 827 g/mol. The molecule has 10 nitrogen and oxygen atoms in total. The Hall–Kier alpha value is -3.67. The monoisotopic (exact) mass is 827 g/mol. The second-order valence-electron chi connectivity index (χ2n) is 21.0. The van der Waals surface area contributed by atoms with Crippen molar-refractivity contribution in [1.29, 1.82) is 0 Å². The molecule has 3 amide bonds. The van der Waals surface area contributed by atoms with Gasteiger partial charge < -0.3 is 33.3 Å². The van der Waals surface area contributed by atoms with Crippen LogP contribution in [0.5, 0.6) is 0 Å². The van der Waals surface area contributed by atoms with Gasteiger partial charge in [-0.3, -0.25) is 0 Å². The lowest BCUT2D eigenvalue weighted by molar-refractivity contribution is 0.0270. The van der Waals surface area contributed by atoms with Gasteiger partial charge in [0, 0.05) is 63.0 Å². The molecule has 324 valence electrons. The maximum atomic E-state index is 15.6. The number of carbonyl (C=O) groups is 2. The van der Waals surface area contributed by atoms with E-state index in [1.165, 1.54) is 24.8 Å². The number of amides is 3. The predicted molar refractivity (Wildman–Crippen MR) is 241 cm³/mol. The van der Waals surface area contributed by atoms with E-state index in [4.69, 9.17) is 14.1 Å². The number of rotatable bonds is 10. The Morgan fingerprint density at radius 3 is 2.00 bits per heavy atom. The quantitative estimate of drug-likeness (QED) is 0.189. The normalized spacial score (nSPS) is 20.8. The molecule has 0 N–H and O–H groups in total. The molecule has 3 atom stereocenters. The summed E-state index contributed by atoms with van der Waals surface area (Å²) in [6.07, 6.45) is 7.37. The molecular weight excluding hydrogens is 753 g/mol. The highest BCUT2D eigenvalue weighted by molar-refractivity contribution is 6.74. The minimum atomic E-state index is -2.29. The van der Waals surface area contributed by atoms with Gasteiger partial charge in [-0.1, -0.05) is 109 Å². The summed E-state index contributed by atoms with van der Waals surface area (Å²) < 4.78 is 15.5. The number of nitrogens with zero attached hydrogens (tertiary/aromatic N) is 6. The summed E-state index contributed by atoms with van der Waals surface area (Å²) in [5, 5.41) is -0.0327. The number of piperidine rings is 2. The first-order valence-electron chi connectivity index (χ1n) is 22.3. The second kappa shape index (κ2) is 18.1. The van der Waals surface area contributed by atoms with Crippen LogP contribution in [-0.2, 0) is 15.7 Å². The Labute approximate surface area is 356 Å². The average Bonchev–Trinajstić information content (AvgIpc) is 3.77. The van der Waals surface area contributed by atoms with Gasteiger partial charge >= 0.3 is 12.1 Å². The number of imidazole rings is 1. The van der Waals surface area contributed by atoms with Crippen LogP contribution in [0.15, 0.2) is 66.9 Å². The molecule has 0 bridgehead atoms. The highest BCUT2D eigenvalue weighted by atomic mass is 28.4. The summed E-state index contributed by atoms with van der Waals surface area (Å²) in [4.78, 5) is 43.5. The predicted octanol–water partition coefficient (Wildman–Crippen LogP) is 10.3. The third kappa shape index (κ3) is 11.2. The highest BCUT2D eigenvalue weighted by Crippen LogP contribution is 2.43. The van der Waals surface area contributed by atoms with E-state index in [9.17, 15) is 4.79 Å². The topological polar surface area (TPSA) is 83.4 Å². The van der Waals surface area contributed by atoms with E-state index in [-0.39, 0.29) is 35.2 Å². The molecular formula is C48H74N6O4Si. The fourth-order valence-electron chi connectivity index (χ4n) is 8.91. The summed E-state index contributed by atoms with van der Waals surface area (Å²) in [6, 6.07) is 21.0. The molecule has 1 aromatic heterocycles. The minimum Gasteiger partial charge on any atom is -0.444 e. The molecule has 3 saturated heterocycles. The smallest absolute Gasteiger partial charge is 0.410 e. The number of likely N-dealkylation sites (tertiary alicyclic amines) is 3. The SMILES string of the molecule is CC(C)(C)OC(=O)N1CC(CN(C(=O)N2CCC(N3CCCCC3)CC2)[C@@H](c2nc(-c3ccccc3)cn2Cc2ccccc2)C(C)(C)C)[C@@H](O[Si](C)(C)C(C)(C)C)C1. The first kappa shape index (κ1) is 44.9. The van der Waals surface area contributed by atoms with E-state index >= 15 is 4.79 Å². The van der Waals surface area contributed by atoms with Gasteiger partial charge in [-0.2, -0.15) is 0 Å². The standard InChI is InChI=1S/C48H74N6O4Si/c1-46(2,3)42(43-49-40(37-23-17-13-18-24-37)34-52(43)31-36-21-15-12-16-22-36)54(44(55)51-29-25-39(26-30-51)50-27-19-14-20-28-50)33-38-32-53(45(56)57-47(4,5)6)35-41(38)58-59(10,11)48(7,8)9/h12-13,15-18,21-24,34,38-39,41-42H,14,19-20,25-33,35H2,1-11H3/t38?,41-,42-/m0/s1. The van der Waals surface area contributed by atoms with Crippen molar-refractivity contribution in [3.8, 4) is 11.3 Å². The largest absolute Gasteiger partial charge is 0.444 e. The Morgan fingerprint density at radius 2 is 1.42 bits per heavy atom. The molecule has 3 aliphatic rings. The van der Waals surface area contributed by atoms with Crippen molar-refractivity contribution in [2.24, 2.45) is 11.3 Å². The van der Waals surface area contributed by atoms with Gasteiger partial charge in [0.25, 0.3) is 0 Å². The number of carbonyl (C=O) groups excluding carboxylic acids is 2. The zero-order valence-electron chi connectivity index (χ0n) is 38.2. The van der Waals surface area contributed by atoms with Gasteiger partial charge in [0.05, 0.1) is 17.8 Å². The Bertz CT molecular complexity index is 1830. The zero-order valence-corrected chi connectivity index (χ0v) is 39.2. The first-order chi connectivity index (χ1) is 27.7. The van der Waals surface area contributed by atoms with E-state index in [2.05, 4.69) is 129 Å². The molecule has 3 fully saturated rings. The lowest BCUT2D eigenvalue weighted by Crippen LogP contribution is -2.55. The van der Waals surface area contributed by atoms with E-state index in [1.54, 1.807) is 0 Å². The van der Waals surface area contributed by atoms with Gasteiger partial charge in [-0.25, -0.2) is 14.6 Å². The van der Waals surface area contributed by atoms with Gasteiger partial charge in [0.15, 0.2) is 8.32 Å². The van der Waals surface area contributed by atoms with Crippen LogP contribution in [0.1, 0.15) is 112 Å². The summed E-state index contributed by atoms with van der Waals surface area (Å²) in [7, 11) is -2.29. The van der Waals surface area contributed by atoms with Crippen molar-refractivity contribution in [2.45, 2.75) is 143 Å². The molecule has 3 aliphatic heterocycles. The third-order valence-corrected chi connectivity index (χ3v) is 17.6. The van der Waals surface area contributed by atoms with Gasteiger partial charge in [-0.15, -0.1) is 0 Å². The molecule has 4 heterocycles. The van der Waals surface area contributed by atoms with E-state index in [0.29, 0.717) is 32.2 Å². The minimum absolute atomic E-state index is 0.0327. The Kier molecular flexibility index (Phi) is 13.8. The fourth-order valence-corrected chi connectivity index (χ4v) is 10.3. The highest BCUT2D eigenvalue weighted by Gasteiger charge is 2.48. The number of benzene rings is 2. The van der Waals surface area contributed by atoms with Crippen LogP contribution in [0.25, 0.3) is 11.3 Å². The van der Waals surface area contributed by atoms with Crippen LogP contribution in [0.4, 0.5) is 9.59 Å². The van der Waals surface area contributed by atoms with Gasteiger partial charge in [-0.05, 0) is 88.7 Å². The lowest BCUT2D eigenvalue weighted by atomic mass is 9.84. The van der Waals surface area contributed by atoms with Crippen molar-refractivity contribution < 1.29 is 18.8 Å². The molecule has 2 aromatic carbocycles. The summed E-state index contributed by atoms with van der Waals surface area (Å²) in [5.41, 5.74) is 2.06. The molecule has 0 spiro atoms. The zero-order chi connectivity index (χ0) is 42.8. The number of aromatic nitrogens is 2. The van der Waals surface area contributed by atoms with E-state index in [1.807, 2.05) is 37.8 Å². The molecule has 0 aliphatic carbocycles. The van der Waals surface area contributed by atoms with Crippen molar-refractivity contribution in [1.82, 2.24) is 29.2 Å². The molecule has 3 aromatic rings. The van der Waals surface area contributed by atoms with Crippen LogP contribution >= 0.6 is 0 Å². The third-order valence-electron chi connectivity index (χ3n) is 13.1. The van der Waals surface area contributed by atoms with Crippen molar-refractivity contribution >= 4 is 20.4 Å². The van der Waals surface area contributed by atoms with Crippen LogP contribution in [0.2, 0.25) is 18.1 Å². The molecule has 59 heavy (non-hydrogen) atoms. The van der Waals surface area contributed by atoms with Crippen LogP contribution < -0.4 is 0 Å². The first-order valence-corrected chi connectivity index (χ1v) is 25.2. The molecule has 0 radical (unpaired) electrons. The maximum absolute atomic E-state index is 15.6. The van der Waals surface area contributed by atoms with Crippen molar-refractivity contribution in [3.63, 3.8) is 0 Å². The van der Waals surface area contributed by atoms with Crippen molar-refractivity contribution in [3.05, 3.63) is 78.2 Å².